The highest BCUT2D eigenvalue weighted by atomic mass is 19.4. The van der Waals surface area contributed by atoms with Crippen LogP contribution in [0.3, 0.4) is 0 Å². The molecule has 0 spiro atoms. The molecule has 0 bridgehead atoms. The molecule has 1 aliphatic carbocycles. The number of hydrogen-bond acceptors (Lipinski definition) is 7. The molecule has 1 aliphatic rings. The van der Waals surface area contributed by atoms with E-state index in [0.29, 0.717) is 5.92 Å². The highest BCUT2D eigenvalue weighted by molar-refractivity contribution is 5.54. The van der Waals surface area contributed by atoms with E-state index in [4.69, 9.17) is 0 Å². The van der Waals surface area contributed by atoms with E-state index in [1.165, 1.54) is 12.1 Å². The molecule has 3 rings (SSSR count). The minimum atomic E-state index is -4.56. The Morgan fingerprint density at radius 3 is 2.33 bits per heavy atom. The van der Waals surface area contributed by atoms with Crippen LogP contribution in [0.2, 0.25) is 0 Å². The van der Waals surface area contributed by atoms with Crippen LogP contribution in [0.4, 0.5) is 25.1 Å². The van der Waals surface area contributed by atoms with Crippen LogP contribution < -0.4 is 10.6 Å². The topological polar surface area (TPSA) is 95.8 Å². The van der Waals surface area contributed by atoms with Gasteiger partial charge in [0.15, 0.2) is 5.82 Å². The molecule has 27 heavy (non-hydrogen) atoms. The molecule has 0 aliphatic heterocycles. The molecule has 2 aromatic heterocycles. The van der Waals surface area contributed by atoms with Gasteiger partial charge in [0.05, 0.1) is 6.61 Å². The lowest BCUT2D eigenvalue weighted by Crippen LogP contribution is -2.23. The zero-order valence-corrected chi connectivity index (χ0v) is 15.0. The summed E-state index contributed by atoms with van der Waals surface area (Å²) in [5.41, 5.74) is -1.02. The Morgan fingerprint density at radius 2 is 1.74 bits per heavy atom. The number of hydrogen-bond donors (Lipinski definition) is 3. The van der Waals surface area contributed by atoms with Crippen molar-refractivity contribution in [1.82, 2.24) is 19.9 Å². The van der Waals surface area contributed by atoms with Gasteiger partial charge in [-0.15, -0.1) is 0 Å². The summed E-state index contributed by atoms with van der Waals surface area (Å²) in [4.78, 5) is 16.3. The standard InChI is InChI=1S/C17H21F3N6O/c1-9(8-27)21-15-24-14(12-4-3-5-13(23-12)17(18,19)20)25-16(26-15)22-10(2)11-6-7-11/h3-5,9-11,27H,6-8H2,1-2H3,(H2,21,22,24,25,26)/t9?,10-/m1/s1. The Morgan fingerprint density at radius 1 is 1.07 bits per heavy atom. The molecule has 10 heteroatoms. The summed E-state index contributed by atoms with van der Waals surface area (Å²) in [6, 6.07) is 3.38. The SMILES string of the molecule is CC(CO)Nc1nc(N[C@H](C)C2CC2)nc(-c2cccc(C(F)(F)F)n2)n1. The maximum Gasteiger partial charge on any atom is 0.433 e. The van der Waals surface area contributed by atoms with Gasteiger partial charge in [0, 0.05) is 12.1 Å². The van der Waals surface area contributed by atoms with Gasteiger partial charge in [0.1, 0.15) is 11.4 Å². The minimum absolute atomic E-state index is 0.00551. The van der Waals surface area contributed by atoms with Crippen LogP contribution in [0.5, 0.6) is 0 Å². The van der Waals surface area contributed by atoms with Gasteiger partial charge in [0.2, 0.25) is 11.9 Å². The predicted molar refractivity (Wildman–Crippen MR) is 94.0 cm³/mol. The van der Waals surface area contributed by atoms with E-state index in [0.717, 1.165) is 18.9 Å². The van der Waals surface area contributed by atoms with Crippen molar-refractivity contribution >= 4 is 11.9 Å². The van der Waals surface area contributed by atoms with Gasteiger partial charge in [0.25, 0.3) is 0 Å². The molecule has 2 aromatic rings. The molecule has 0 saturated heterocycles. The zero-order valence-electron chi connectivity index (χ0n) is 15.0. The van der Waals surface area contributed by atoms with E-state index >= 15 is 0 Å². The fraction of sp³-hybridized carbons (Fsp3) is 0.529. The summed E-state index contributed by atoms with van der Waals surface area (Å²) in [6.07, 6.45) is -2.32. The van der Waals surface area contributed by atoms with E-state index in [-0.39, 0.29) is 42.1 Å². The smallest absolute Gasteiger partial charge is 0.394 e. The van der Waals surface area contributed by atoms with E-state index in [2.05, 4.69) is 30.6 Å². The number of anilines is 2. The first-order valence-corrected chi connectivity index (χ1v) is 8.71. The number of nitrogens with one attached hydrogen (secondary N) is 2. The van der Waals surface area contributed by atoms with Crippen molar-refractivity contribution in [1.29, 1.82) is 0 Å². The molecule has 7 nitrogen and oxygen atoms in total. The molecule has 146 valence electrons. The maximum atomic E-state index is 13.0. The predicted octanol–water partition coefficient (Wildman–Crippen LogP) is 2.96. The average molecular weight is 382 g/mol. The molecule has 1 fully saturated rings. The highest BCUT2D eigenvalue weighted by Gasteiger charge is 2.33. The number of aromatic nitrogens is 4. The zero-order chi connectivity index (χ0) is 19.6. The van der Waals surface area contributed by atoms with E-state index in [1.807, 2.05) is 6.92 Å². The number of aliphatic hydroxyl groups excluding tert-OH is 1. The molecule has 1 saturated carbocycles. The quantitative estimate of drug-likeness (QED) is 0.677. The van der Waals surface area contributed by atoms with Gasteiger partial charge in [-0.2, -0.15) is 28.1 Å². The van der Waals surface area contributed by atoms with Gasteiger partial charge in [-0.1, -0.05) is 6.07 Å². The molecule has 0 radical (unpaired) electrons. The van der Waals surface area contributed by atoms with Crippen molar-refractivity contribution in [2.75, 3.05) is 17.2 Å². The van der Waals surface area contributed by atoms with Crippen molar-refractivity contribution < 1.29 is 18.3 Å². The Labute approximate surface area is 154 Å². The van der Waals surface area contributed by atoms with Crippen molar-refractivity contribution in [2.24, 2.45) is 5.92 Å². The van der Waals surface area contributed by atoms with Crippen molar-refractivity contribution in [2.45, 2.75) is 44.9 Å². The van der Waals surface area contributed by atoms with Crippen LogP contribution in [-0.4, -0.2) is 43.7 Å². The molecule has 2 heterocycles. The molecule has 2 atom stereocenters. The van der Waals surface area contributed by atoms with Gasteiger partial charge in [-0.25, -0.2) is 4.98 Å². The third-order valence-electron chi connectivity index (χ3n) is 4.24. The number of rotatable bonds is 7. The summed E-state index contributed by atoms with van der Waals surface area (Å²) < 4.78 is 38.9. The summed E-state index contributed by atoms with van der Waals surface area (Å²) in [5.74, 6) is 0.969. The summed E-state index contributed by atoms with van der Waals surface area (Å²) in [6.45, 7) is 3.59. The van der Waals surface area contributed by atoms with Crippen LogP contribution in [0, 0.1) is 5.92 Å². The van der Waals surface area contributed by atoms with E-state index in [1.54, 1.807) is 6.92 Å². The Bertz CT molecular complexity index is 796. The van der Waals surface area contributed by atoms with Crippen LogP contribution in [0.1, 0.15) is 32.4 Å². The van der Waals surface area contributed by atoms with E-state index < -0.39 is 11.9 Å². The van der Waals surface area contributed by atoms with Crippen molar-refractivity contribution in [3.05, 3.63) is 23.9 Å². The van der Waals surface area contributed by atoms with Crippen molar-refractivity contribution in [3.63, 3.8) is 0 Å². The molecular formula is C17H21F3N6O. The second-order valence-electron chi connectivity index (χ2n) is 6.71. The lowest BCUT2D eigenvalue weighted by molar-refractivity contribution is -0.141. The van der Waals surface area contributed by atoms with Gasteiger partial charge in [-0.3, -0.25) is 0 Å². The molecule has 3 N–H and O–H groups in total. The largest absolute Gasteiger partial charge is 0.433 e. The second-order valence-corrected chi connectivity index (χ2v) is 6.71. The number of halogens is 3. The maximum absolute atomic E-state index is 13.0. The van der Waals surface area contributed by atoms with Crippen LogP contribution in [0.25, 0.3) is 11.5 Å². The minimum Gasteiger partial charge on any atom is -0.394 e. The number of alkyl halides is 3. The first kappa shape index (κ1) is 19.3. The second kappa shape index (κ2) is 7.63. The number of nitrogens with zero attached hydrogens (tertiary/aromatic N) is 4. The Balaban J connectivity index is 1.96. The first-order chi connectivity index (χ1) is 12.8. The lowest BCUT2D eigenvalue weighted by Gasteiger charge is -2.16. The Kier molecular flexibility index (Phi) is 5.45. The molecule has 0 aromatic carbocycles. The Hall–Kier alpha value is -2.49. The third kappa shape index (κ3) is 5.03. The van der Waals surface area contributed by atoms with Crippen LogP contribution >= 0.6 is 0 Å². The fourth-order valence-electron chi connectivity index (χ4n) is 2.52. The molecular weight excluding hydrogens is 361 g/mol. The van der Waals surface area contributed by atoms with Gasteiger partial charge in [-0.05, 0) is 44.7 Å². The van der Waals surface area contributed by atoms with Crippen molar-refractivity contribution in [3.8, 4) is 11.5 Å². The van der Waals surface area contributed by atoms with E-state index in [9.17, 15) is 18.3 Å². The third-order valence-corrected chi connectivity index (χ3v) is 4.24. The highest BCUT2D eigenvalue weighted by Crippen LogP contribution is 2.34. The lowest BCUT2D eigenvalue weighted by atomic mass is 10.2. The summed E-state index contributed by atoms with van der Waals surface area (Å²) in [7, 11) is 0. The number of aliphatic hydroxyl groups is 1. The van der Waals surface area contributed by atoms with Crippen LogP contribution in [0.15, 0.2) is 18.2 Å². The van der Waals surface area contributed by atoms with Gasteiger partial charge >= 0.3 is 6.18 Å². The molecule has 0 amide bonds. The van der Waals surface area contributed by atoms with Gasteiger partial charge < -0.3 is 15.7 Å². The summed E-state index contributed by atoms with van der Waals surface area (Å²) >= 11 is 0. The van der Waals surface area contributed by atoms with Crippen LogP contribution in [-0.2, 0) is 6.18 Å². The average Bonchev–Trinajstić information content (AvgIpc) is 3.46. The summed E-state index contributed by atoms with van der Waals surface area (Å²) in [5, 5.41) is 15.3. The number of pyridine rings is 1. The fourth-order valence-corrected chi connectivity index (χ4v) is 2.52. The monoisotopic (exact) mass is 382 g/mol. The normalized spacial score (nSPS) is 16.7. The first-order valence-electron chi connectivity index (χ1n) is 8.71. The molecule has 1 unspecified atom stereocenters.